The van der Waals surface area contributed by atoms with Crippen LogP contribution < -0.4 is 19.7 Å². The Labute approximate surface area is 160 Å². The number of anilines is 1. The molecule has 0 spiro atoms. The number of hydrogen-bond donors (Lipinski definition) is 2. The summed E-state index contributed by atoms with van der Waals surface area (Å²) in [4.78, 5) is 13.6. The Hall–Kier alpha value is -3.04. The lowest BCUT2D eigenvalue weighted by Gasteiger charge is -2.22. The van der Waals surface area contributed by atoms with Crippen LogP contribution in [0.25, 0.3) is 0 Å². The van der Waals surface area contributed by atoms with Gasteiger partial charge in [-0.2, -0.15) is 5.26 Å². The summed E-state index contributed by atoms with van der Waals surface area (Å²) in [6.07, 6.45) is 0. The van der Waals surface area contributed by atoms with Crippen LogP contribution in [-0.4, -0.2) is 33.2 Å². The van der Waals surface area contributed by atoms with Crippen molar-refractivity contribution in [1.29, 1.82) is 5.26 Å². The Kier molecular flexibility index (Phi) is 6.80. The maximum absolute atomic E-state index is 12.6. The number of aryl methyl sites for hydroxylation is 1. The minimum absolute atomic E-state index is 0.0738. The maximum Gasteiger partial charge on any atom is 0.282 e. The number of rotatable bonds is 7. The molecule has 2 aromatic carbocycles. The van der Waals surface area contributed by atoms with Gasteiger partial charge in [0.25, 0.3) is 5.91 Å². The van der Waals surface area contributed by atoms with Crippen molar-refractivity contribution in [2.75, 3.05) is 26.6 Å². The Morgan fingerprint density at radius 2 is 1.78 bits per heavy atom. The van der Waals surface area contributed by atoms with Gasteiger partial charge in [-0.1, -0.05) is 0 Å². The van der Waals surface area contributed by atoms with Crippen molar-refractivity contribution in [1.82, 2.24) is 0 Å². The van der Waals surface area contributed by atoms with Crippen molar-refractivity contribution in [2.24, 2.45) is 0 Å². The fourth-order valence-electron chi connectivity index (χ4n) is 2.77. The first-order valence-electron chi connectivity index (χ1n) is 8.74. The average molecular weight is 368 g/mol. The number of methoxy groups -OCH3 is 2. The van der Waals surface area contributed by atoms with Crippen LogP contribution in [0.4, 0.5) is 5.69 Å². The van der Waals surface area contributed by atoms with E-state index < -0.39 is 0 Å². The summed E-state index contributed by atoms with van der Waals surface area (Å²) in [5.74, 6) is 1.30. The lowest BCUT2D eigenvalue weighted by molar-refractivity contribution is -0.907. The number of carbonyl (C=O) groups is 1. The summed E-state index contributed by atoms with van der Waals surface area (Å²) in [6, 6.07) is 12.5. The van der Waals surface area contributed by atoms with Crippen LogP contribution in [0.5, 0.6) is 11.5 Å². The number of hydrogen-bond acceptors (Lipinski definition) is 4. The molecule has 0 radical (unpaired) electrons. The molecule has 0 aliphatic heterocycles. The Bertz CT molecular complexity index is 841. The molecule has 0 aliphatic carbocycles. The molecule has 2 N–H and O–H groups in total. The summed E-state index contributed by atoms with van der Waals surface area (Å²) >= 11 is 0. The van der Waals surface area contributed by atoms with E-state index in [-0.39, 0.29) is 11.9 Å². The molecular weight excluding hydrogens is 342 g/mol. The van der Waals surface area contributed by atoms with E-state index in [0.717, 1.165) is 16.0 Å². The molecule has 0 aliphatic rings. The number of quaternary nitrogens is 1. The number of benzene rings is 2. The number of nitriles is 1. The van der Waals surface area contributed by atoms with E-state index in [1.54, 1.807) is 38.5 Å². The first kappa shape index (κ1) is 20.3. The molecule has 6 nitrogen and oxygen atoms in total. The molecule has 0 fully saturated rings. The summed E-state index contributed by atoms with van der Waals surface area (Å²) in [5, 5.41) is 11.7. The molecule has 1 amide bonds. The fourth-order valence-corrected chi connectivity index (χ4v) is 2.77. The van der Waals surface area contributed by atoms with Crippen LogP contribution in [0, 0.1) is 18.3 Å². The molecule has 2 atom stereocenters. The number of ether oxygens (including phenoxy) is 2. The van der Waals surface area contributed by atoms with Gasteiger partial charge in [-0.25, -0.2) is 0 Å². The highest BCUT2D eigenvalue weighted by Gasteiger charge is 2.23. The highest BCUT2D eigenvalue weighted by molar-refractivity contribution is 5.93. The molecule has 142 valence electrons. The molecule has 1 unspecified atom stereocenters. The largest absolute Gasteiger partial charge is 0.493 e. The predicted octanol–water partition coefficient (Wildman–Crippen LogP) is 1.93. The minimum atomic E-state index is -0.256. The number of nitrogens with one attached hydrogen (secondary N) is 2. The first-order valence-corrected chi connectivity index (χ1v) is 8.74. The van der Waals surface area contributed by atoms with Crippen LogP contribution in [0.15, 0.2) is 36.4 Å². The van der Waals surface area contributed by atoms with Gasteiger partial charge in [-0.15, -0.1) is 0 Å². The topological polar surface area (TPSA) is 75.8 Å². The minimum Gasteiger partial charge on any atom is -0.493 e. The molecule has 0 bridgehead atoms. The molecule has 0 aromatic heterocycles. The molecule has 2 rings (SSSR count). The second-order valence-electron chi connectivity index (χ2n) is 6.56. The van der Waals surface area contributed by atoms with E-state index in [0.29, 0.717) is 29.3 Å². The van der Waals surface area contributed by atoms with Gasteiger partial charge in [-0.05, 0) is 55.8 Å². The van der Waals surface area contributed by atoms with Crippen molar-refractivity contribution < 1.29 is 19.2 Å². The quantitative estimate of drug-likeness (QED) is 0.783. The highest BCUT2D eigenvalue weighted by Crippen LogP contribution is 2.29. The van der Waals surface area contributed by atoms with Gasteiger partial charge in [0.15, 0.2) is 17.5 Å². The van der Waals surface area contributed by atoms with Crippen LogP contribution in [0.3, 0.4) is 0 Å². The molecule has 0 saturated heterocycles. The lowest BCUT2D eigenvalue weighted by atomic mass is 10.1. The summed E-state index contributed by atoms with van der Waals surface area (Å²) in [6.45, 7) is 4.59. The monoisotopic (exact) mass is 368 g/mol. The smallest absolute Gasteiger partial charge is 0.282 e. The zero-order chi connectivity index (χ0) is 20.0. The summed E-state index contributed by atoms with van der Waals surface area (Å²) < 4.78 is 10.7. The van der Waals surface area contributed by atoms with Crippen molar-refractivity contribution in [2.45, 2.75) is 26.4 Å². The van der Waals surface area contributed by atoms with Crippen molar-refractivity contribution in [3.05, 3.63) is 53.1 Å². The van der Waals surface area contributed by atoms with E-state index in [1.165, 1.54) is 0 Å². The van der Waals surface area contributed by atoms with Crippen molar-refractivity contribution in [3.8, 4) is 17.6 Å². The van der Waals surface area contributed by atoms with Gasteiger partial charge < -0.3 is 19.7 Å². The van der Waals surface area contributed by atoms with Crippen molar-refractivity contribution >= 4 is 11.6 Å². The van der Waals surface area contributed by atoms with E-state index in [2.05, 4.69) is 11.4 Å². The van der Waals surface area contributed by atoms with Gasteiger partial charge in [0.05, 0.1) is 32.9 Å². The molecule has 6 heteroatoms. The lowest BCUT2D eigenvalue weighted by Crippen LogP contribution is -3.12. The molecule has 0 saturated carbocycles. The van der Waals surface area contributed by atoms with Crippen LogP contribution in [-0.2, 0) is 11.3 Å². The van der Waals surface area contributed by atoms with E-state index >= 15 is 0 Å². The molecule has 0 heterocycles. The van der Waals surface area contributed by atoms with Crippen LogP contribution in [0.1, 0.15) is 23.6 Å². The molecule has 27 heavy (non-hydrogen) atoms. The SMILES string of the molecule is COc1cc(C)c(C[NH+](C)[C@H](C)C(=O)Nc2ccc(C#N)cc2)cc1OC. The first-order chi connectivity index (χ1) is 12.9. The highest BCUT2D eigenvalue weighted by atomic mass is 16.5. The second kappa shape index (κ2) is 9.06. The van der Waals surface area contributed by atoms with Crippen molar-refractivity contribution in [3.63, 3.8) is 0 Å². The second-order valence-corrected chi connectivity index (χ2v) is 6.56. The normalized spacial score (nSPS) is 12.6. The van der Waals surface area contributed by atoms with Gasteiger partial charge in [-0.3, -0.25) is 4.79 Å². The third kappa shape index (κ3) is 4.99. The van der Waals surface area contributed by atoms with Crippen LogP contribution in [0.2, 0.25) is 0 Å². The standard InChI is InChI=1S/C21H25N3O3/c1-14-10-19(26-4)20(27-5)11-17(14)13-24(3)15(2)21(25)23-18-8-6-16(12-22)7-9-18/h6-11,15H,13H2,1-5H3,(H,23,25)/p+1/t15-/m1/s1. The number of nitrogens with zero attached hydrogens (tertiary/aromatic N) is 1. The van der Waals surface area contributed by atoms with Gasteiger partial charge in [0, 0.05) is 11.3 Å². The average Bonchev–Trinajstić information content (AvgIpc) is 2.68. The summed E-state index contributed by atoms with van der Waals surface area (Å²) in [5.41, 5.74) is 3.43. The number of carbonyl (C=O) groups excluding carboxylic acids is 1. The van der Waals surface area contributed by atoms with E-state index in [1.807, 2.05) is 33.0 Å². The molecular formula is C21H26N3O3+. The van der Waals surface area contributed by atoms with Gasteiger partial charge in [0.1, 0.15) is 6.54 Å². The van der Waals surface area contributed by atoms with Gasteiger partial charge >= 0.3 is 0 Å². The molecule has 2 aromatic rings. The zero-order valence-electron chi connectivity index (χ0n) is 16.4. The predicted molar refractivity (Wildman–Crippen MR) is 104 cm³/mol. The fraction of sp³-hybridized carbons (Fsp3) is 0.333. The van der Waals surface area contributed by atoms with E-state index in [9.17, 15) is 4.79 Å². The third-order valence-corrected chi connectivity index (χ3v) is 4.73. The van der Waals surface area contributed by atoms with E-state index in [4.69, 9.17) is 14.7 Å². The Balaban J connectivity index is 2.07. The van der Waals surface area contributed by atoms with Gasteiger partial charge in [0.2, 0.25) is 0 Å². The zero-order valence-corrected chi connectivity index (χ0v) is 16.4. The number of likely N-dealkylation sites (N-methyl/N-ethyl adjacent to an activating group) is 1. The third-order valence-electron chi connectivity index (χ3n) is 4.73. The summed E-state index contributed by atoms with van der Waals surface area (Å²) in [7, 11) is 5.21. The Morgan fingerprint density at radius 1 is 1.19 bits per heavy atom. The number of amides is 1. The maximum atomic E-state index is 12.6. The Morgan fingerprint density at radius 3 is 2.33 bits per heavy atom. The van der Waals surface area contributed by atoms with Crippen LogP contribution >= 0.6 is 0 Å².